The summed E-state index contributed by atoms with van der Waals surface area (Å²) in [6.07, 6.45) is 0.296. The Morgan fingerprint density at radius 2 is 1.61 bits per heavy atom. The molecule has 0 radical (unpaired) electrons. The number of benzene rings is 3. The minimum Gasteiger partial charge on any atom is -0.497 e. The van der Waals surface area contributed by atoms with E-state index in [1.54, 1.807) is 50.4 Å². The number of hydrogen-bond acceptors (Lipinski definition) is 4. The van der Waals surface area contributed by atoms with Gasteiger partial charge in [-0.15, -0.1) is 0 Å². The number of ether oxygens (including phenoxy) is 1. The van der Waals surface area contributed by atoms with Gasteiger partial charge in [0.2, 0.25) is 5.91 Å². The van der Waals surface area contributed by atoms with Crippen LogP contribution in [0.5, 0.6) is 5.75 Å². The number of aryl methyl sites for hydroxylation is 1. The summed E-state index contributed by atoms with van der Waals surface area (Å²) in [6.45, 7) is 3.70. The Morgan fingerprint density at radius 3 is 2.26 bits per heavy atom. The van der Waals surface area contributed by atoms with E-state index in [4.69, 9.17) is 4.74 Å². The lowest BCUT2D eigenvalue weighted by Gasteiger charge is -2.14. The Balaban J connectivity index is 1.73. The van der Waals surface area contributed by atoms with E-state index in [1.165, 1.54) is 6.07 Å². The smallest absolute Gasteiger partial charge is 0.262 e. The highest BCUT2D eigenvalue weighted by Crippen LogP contribution is 2.25. The summed E-state index contributed by atoms with van der Waals surface area (Å²) in [5.41, 5.74) is 2.52. The van der Waals surface area contributed by atoms with E-state index in [-0.39, 0.29) is 16.7 Å². The molecule has 0 heterocycles. The molecule has 2 N–H and O–H groups in total. The maximum absolute atomic E-state index is 12.9. The number of sulfonamides is 1. The Bertz CT molecular complexity index is 1140. The number of carbonyl (C=O) groups excluding carboxylic acids is 1. The van der Waals surface area contributed by atoms with Crippen LogP contribution in [0.1, 0.15) is 30.4 Å². The third-order valence-corrected chi connectivity index (χ3v) is 6.49. The van der Waals surface area contributed by atoms with Crippen molar-refractivity contribution >= 4 is 27.3 Å². The molecule has 0 aliphatic heterocycles. The van der Waals surface area contributed by atoms with Gasteiger partial charge in [-0.05, 0) is 60.4 Å². The lowest BCUT2D eigenvalue weighted by atomic mass is 9.97. The van der Waals surface area contributed by atoms with Crippen LogP contribution in [0.3, 0.4) is 0 Å². The Labute approximate surface area is 183 Å². The molecule has 0 bridgehead atoms. The molecule has 0 aromatic heterocycles. The van der Waals surface area contributed by atoms with Gasteiger partial charge in [-0.25, -0.2) is 8.42 Å². The van der Waals surface area contributed by atoms with Crippen molar-refractivity contribution in [2.45, 2.75) is 31.1 Å². The summed E-state index contributed by atoms with van der Waals surface area (Å²) < 4.78 is 33.5. The predicted molar refractivity (Wildman–Crippen MR) is 123 cm³/mol. The fraction of sp³-hybridized carbons (Fsp3) is 0.208. The van der Waals surface area contributed by atoms with Crippen molar-refractivity contribution in [1.82, 2.24) is 0 Å². The van der Waals surface area contributed by atoms with Crippen LogP contribution in [0.4, 0.5) is 11.4 Å². The van der Waals surface area contributed by atoms with Crippen molar-refractivity contribution < 1.29 is 17.9 Å². The highest BCUT2D eigenvalue weighted by atomic mass is 32.2. The Morgan fingerprint density at radius 1 is 0.968 bits per heavy atom. The first-order chi connectivity index (χ1) is 14.8. The summed E-state index contributed by atoms with van der Waals surface area (Å²) in [5.74, 6) is 0.506. The topological polar surface area (TPSA) is 84.5 Å². The van der Waals surface area contributed by atoms with Crippen molar-refractivity contribution in [2.75, 3.05) is 17.1 Å². The zero-order chi connectivity index (χ0) is 22.4. The fourth-order valence-corrected chi connectivity index (χ4v) is 4.56. The fourth-order valence-electron chi connectivity index (χ4n) is 3.23. The largest absolute Gasteiger partial charge is 0.497 e. The zero-order valence-corrected chi connectivity index (χ0v) is 18.6. The molecule has 162 valence electrons. The van der Waals surface area contributed by atoms with Gasteiger partial charge in [-0.2, -0.15) is 0 Å². The first kappa shape index (κ1) is 22.4. The van der Waals surface area contributed by atoms with Crippen LogP contribution in [-0.4, -0.2) is 21.4 Å². The van der Waals surface area contributed by atoms with Crippen LogP contribution in [0, 0.1) is 6.92 Å². The van der Waals surface area contributed by atoms with Gasteiger partial charge in [0.1, 0.15) is 5.75 Å². The van der Waals surface area contributed by atoms with Crippen molar-refractivity contribution in [3.63, 3.8) is 0 Å². The molecule has 3 rings (SSSR count). The van der Waals surface area contributed by atoms with E-state index < -0.39 is 10.0 Å². The second kappa shape index (κ2) is 9.66. The second-order valence-corrected chi connectivity index (χ2v) is 9.03. The summed E-state index contributed by atoms with van der Waals surface area (Å²) >= 11 is 0. The van der Waals surface area contributed by atoms with Crippen molar-refractivity contribution in [2.24, 2.45) is 0 Å². The quantitative estimate of drug-likeness (QED) is 0.522. The molecule has 0 saturated heterocycles. The summed E-state index contributed by atoms with van der Waals surface area (Å²) in [4.78, 5) is 12.6. The van der Waals surface area contributed by atoms with E-state index in [1.807, 2.05) is 37.3 Å². The second-order valence-electron chi connectivity index (χ2n) is 7.38. The van der Waals surface area contributed by atoms with Gasteiger partial charge in [-0.1, -0.05) is 43.3 Å². The first-order valence-electron chi connectivity index (χ1n) is 9.91. The van der Waals surface area contributed by atoms with Gasteiger partial charge in [-0.3, -0.25) is 9.52 Å². The van der Waals surface area contributed by atoms with Crippen LogP contribution in [0.2, 0.25) is 0 Å². The van der Waals surface area contributed by atoms with Gasteiger partial charge in [0.05, 0.1) is 12.0 Å². The van der Waals surface area contributed by atoms with Crippen LogP contribution < -0.4 is 14.8 Å². The molecular formula is C24H26N2O4S. The van der Waals surface area contributed by atoms with Crippen LogP contribution in [0.25, 0.3) is 0 Å². The van der Waals surface area contributed by atoms with Crippen molar-refractivity contribution in [1.29, 1.82) is 0 Å². The SMILES string of the molecule is COc1ccc(NS(=O)(=O)c2cc(NC(=O)C[C@H](C)c3ccccc3)ccc2C)cc1. The van der Waals surface area contributed by atoms with E-state index >= 15 is 0 Å². The number of carbonyl (C=O) groups is 1. The molecule has 1 amide bonds. The standard InChI is InChI=1S/C24H26N2O4S/c1-17-9-10-21(25-24(27)15-18(2)19-7-5-4-6-8-19)16-23(17)31(28,29)26-20-11-13-22(30-3)14-12-20/h4-14,16,18,26H,15H2,1-3H3,(H,25,27)/t18-/m0/s1. The molecule has 31 heavy (non-hydrogen) atoms. The molecular weight excluding hydrogens is 412 g/mol. The number of anilines is 2. The number of hydrogen-bond donors (Lipinski definition) is 2. The molecule has 0 saturated carbocycles. The van der Waals surface area contributed by atoms with Gasteiger partial charge in [0.25, 0.3) is 10.0 Å². The van der Waals surface area contributed by atoms with Crippen molar-refractivity contribution in [3.05, 3.63) is 83.9 Å². The van der Waals surface area contributed by atoms with E-state index in [9.17, 15) is 13.2 Å². The molecule has 0 spiro atoms. The molecule has 0 fully saturated rings. The molecule has 0 aliphatic rings. The van der Waals surface area contributed by atoms with Crippen LogP contribution in [-0.2, 0) is 14.8 Å². The maximum atomic E-state index is 12.9. The summed E-state index contributed by atoms with van der Waals surface area (Å²) in [5, 5.41) is 2.81. The average molecular weight is 439 g/mol. The average Bonchev–Trinajstić information content (AvgIpc) is 2.75. The number of rotatable bonds is 8. The third kappa shape index (κ3) is 5.86. The molecule has 0 unspecified atom stereocenters. The molecule has 3 aromatic carbocycles. The van der Waals surface area contributed by atoms with E-state index in [0.717, 1.165) is 5.56 Å². The third-order valence-electron chi connectivity index (χ3n) is 4.96. The Hall–Kier alpha value is -3.32. The first-order valence-corrected chi connectivity index (χ1v) is 11.4. The highest BCUT2D eigenvalue weighted by molar-refractivity contribution is 7.92. The monoisotopic (exact) mass is 438 g/mol. The number of nitrogens with one attached hydrogen (secondary N) is 2. The molecule has 1 atom stereocenters. The van der Waals surface area contributed by atoms with E-state index in [2.05, 4.69) is 10.0 Å². The molecule has 6 nitrogen and oxygen atoms in total. The molecule has 7 heteroatoms. The normalized spacial score (nSPS) is 12.1. The van der Waals surface area contributed by atoms with E-state index in [0.29, 0.717) is 29.1 Å². The Kier molecular flexibility index (Phi) is 6.97. The highest BCUT2D eigenvalue weighted by Gasteiger charge is 2.19. The molecule has 3 aromatic rings. The predicted octanol–water partition coefficient (Wildman–Crippen LogP) is 4.94. The van der Waals surface area contributed by atoms with Crippen LogP contribution in [0.15, 0.2) is 77.7 Å². The summed E-state index contributed by atoms with van der Waals surface area (Å²) in [6, 6.07) is 21.3. The molecule has 0 aliphatic carbocycles. The van der Waals surface area contributed by atoms with Crippen molar-refractivity contribution in [3.8, 4) is 5.75 Å². The zero-order valence-electron chi connectivity index (χ0n) is 17.8. The number of methoxy groups -OCH3 is 1. The van der Waals surface area contributed by atoms with Gasteiger partial charge >= 0.3 is 0 Å². The maximum Gasteiger partial charge on any atom is 0.262 e. The summed E-state index contributed by atoms with van der Waals surface area (Å²) in [7, 11) is -2.29. The number of amides is 1. The van der Waals surface area contributed by atoms with Gasteiger partial charge in [0, 0.05) is 17.8 Å². The van der Waals surface area contributed by atoms with Crippen LogP contribution >= 0.6 is 0 Å². The minimum atomic E-state index is -3.83. The lowest BCUT2D eigenvalue weighted by Crippen LogP contribution is -2.17. The van der Waals surface area contributed by atoms with Gasteiger partial charge in [0.15, 0.2) is 0 Å². The van der Waals surface area contributed by atoms with Gasteiger partial charge < -0.3 is 10.1 Å². The lowest BCUT2D eigenvalue weighted by molar-refractivity contribution is -0.116. The minimum absolute atomic E-state index is 0.0478.